The topological polar surface area (TPSA) is 227 Å². The average molecular weight is 630 g/mol. The summed E-state index contributed by atoms with van der Waals surface area (Å²) >= 11 is 0. The summed E-state index contributed by atoms with van der Waals surface area (Å²) < 4.78 is 32.2. The molecule has 2 aromatic carbocycles. The molecule has 0 unspecified atom stereocenters. The molecule has 7 aromatic rings. The molecular formula is C25H16F2N14O5. The van der Waals surface area contributed by atoms with Crippen molar-refractivity contribution in [2.24, 2.45) is 7.05 Å². The Hall–Kier alpha value is -7.06. The Morgan fingerprint density at radius 1 is 0.739 bits per heavy atom. The summed E-state index contributed by atoms with van der Waals surface area (Å²) in [7, 11) is 1.63. The normalized spacial score (nSPS) is 10.9. The summed E-state index contributed by atoms with van der Waals surface area (Å²) in [6.07, 6.45) is 3.88. The van der Waals surface area contributed by atoms with E-state index in [1.54, 1.807) is 7.05 Å². The number of carboxylic acids is 1. The van der Waals surface area contributed by atoms with E-state index in [4.69, 9.17) is 5.11 Å². The van der Waals surface area contributed by atoms with Crippen molar-refractivity contribution in [3.8, 4) is 11.4 Å². The molecule has 0 spiro atoms. The van der Waals surface area contributed by atoms with Gasteiger partial charge in [0.1, 0.15) is 30.6 Å². The Kier molecular flexibility index (Phi) is 7.29. The molecule has 0 aliphatic rings. The van der Waals surface area contributed by atoms with Gasteiger partial charge in [0.25, 0.3) is 17.5 Å². The number of carbonyl (C=O) groups excluding carboxylic acids is 1. The van der Waals surface area contributed by atoms with Crippen LogP contribution in [0.4, 0.5) is 14.7 Å². The van der Waals surface area contributed by atoms with E-state index in [2.05, 4.69) is 45.9 Å². The van der Waals surface area contributed by atoms with Crippen LogP contribution in [0.2, 0.25) is 0 Å². The van der Waals surface area contributed by atoms with Crippen molar-refractivity contribution in [3.05, 3.63) is 111 Å². The first-order chi connectivity index (χ1) is 22.1. The second kappa shape index (κ2) is 11.6. The van der Waals surface area contributed by atoms with Gasteiger partial charge in [-0.2, -0.15) is 48.8 Å². The van der Waals surface area contributed by atoms with E-state index in [1.807, 2.05) is 0 Å². The number of carboxylic acid groups (broad SMARTS) is 1. The van der Waals surface area contributed by atoms with E-state index in [1.165, 1.54) is 86.0 Å². The van der Waals surface area contributed by atoms with Gasteiger partial charge in [-0.1, -0.05) is 0 Å². The molecule has 2 N–H and O–H groups in total. The molecule has 0 aliphatic heterocycles. The molecular weight excluding hydrogens is 614 g/mol. The highest BCUT2D eigenvalue weighted by Crippen LogP contribution is 2.11. The summed E-state index contributed by atoms with van der Waals surface area (Å²) in [5.74, 6) is -2.79. The summed E-state index contributed by atoms with van der Waals surface area (Å²) in [6, 6.07) is 10.8. The maximum atomic E-state index is 13.1. The van der Waals surface area contributed by atoms with Crippen LogP contribution >= 0.6 is 0 Å². The molecule has 21 heteroatoms. The number of hydrogen-bond donors (Lipinski definition) is 2. The van der Waals surface area contributed by atoms with Gasteiger partial charge in [-0.05, 0) is 48.5 Å². The Bertz CT molecular complexity index is 2380. The summed E-state index contributed by atoms with van der Waals surface area (Å²) in [5.41, 5.74) is -1.98. The maximum Gasteiger partial charge on any atom is 0.362 e. The lowest BCUT2D eigenvalue weighted by molar-refractivity contribution is 0.0686. The monoisotopic (exact) mass is 630 g/mol. The molecule has 0 radical (unpaired) electrons. The van der Waals surface area contributed by atoms with Gasteiger partial charge in [0.15, 0.2) is 0 Å². The smallest absolute Gasteiger partial charge is 0.362 e. The SMILES string of the molecule is Cn1cnnc1NC(=O)c1nn2cnn(-c3ccc(F)cc3)c2nc1=O.O=C(O)c1nn2cnn(-c3ccc(F)cc3)c2nc1=O. The van der Waals surface area contributed by atoms with E-state index in [-0.39, 0.29) is 17.5 Å². The number of carbonyl (C=O) groups is 2. The van der Waals surface area contributed by atoms with Gasteiger partial charge in [-0.25, -0.2) is 13.6 Å². The van der Waals surface area contributed by atoms with E-state index in [0.717, 1.165) is 4.52 Å². The zero-order valence-corrected chi connectivity index (χ0v) is 23.0. The van der Waals surface area contributed by atoms with Gasteiger partial charge in [0.2, 0.25) is 17.3 Å². The second-order valence-electron chi connectivity index (χ2n) is 9.08. The predicted octanol–water partition coefficient (Wildman–Crippen LogP) is -0.0924. The minimum Gasteiger partial charge on any atom is -0.476 e. The molecule has 5 heterocycles. The lowest BCUT2D eigenvalue weighted by Crippen LogP contribution is -2.28. The van der Waals surface area contributed by atoms with Gasteiger partial charge in [0.05, 0.1) is 11.4 Å². The fourth-order valence-corrected chi connectivity index (χ4v) is 3.89. The van der Waals surface area contributed by atoms with Crippen LogP contribution in [0.15, 0.2) is 77.1 Å². The third-order valence-corrected chi connectivity index (χ3v) is 6.06. The van der Waals surface area contributed by atoms with Crippen LogP contribution in [-0.4, -0.2) is 80.5 Å². The number of aromatic carboxylic acids is 1. The minimum atomic E-state index is -1.47. The number of halogens is 2. The number of benzene rings is 2. The molecule has 7 rings (SSSR count). The molecule has 0 saturated carbocycles. The highest BCUT2D eigenvalue weighted by molar-refractivity contribution is 6.01. The van der Waals surface area contributed by atoms with Crippen LogP contribution < -0.4 is 16.4 Å². The molecule has 0 bridgehead atoms. The summed E-state index contributed by atoms with van der Waals surface area (Å²) in [4.78, 5) is 54.3. The Morgan fingerprint density at radius 2 is 1.22 bits per heavy atom. The molecule has 46 heavy (non-hydrogen) atoms. The number of nitrogens with one attached hydrogen (secondary N) is 1. The fourth-order valence-electron chi connectivity index (χ4n) is 3.89. The zero-order valence-electron chi connectivity index (χ0n) is 23.0. The molecule has 5 aromatic heterocycles. The highest BCUT2D eigenvalue weighted by Gasteiger charge is 2.19. The quantitative estimate of drug-likeness (QED) is 0.254. The number of rotatable bonds is 5. The average Bonchev–Trinajstić information content (AvgIpc) is 3.75. The number of nitrogens with zero attached hydrogens (tertiary/aromatic N) is 13. The number of aryl methyl sites for hydroxylation is 1. The Labute approximate surface area is 251 Å². The van der Waals surface area contributed by atoms with Gasteiger partial charge in [0, 0.05) is 7.05 Å². The number of hydrogen-bond acceptors (Lipinski definition) is 12. The van der Waals surface area contributed by atoms with Crippen LogP contribution in [0.3, 0.4) is 0 Å². The first-order valence-electron chi connectivity index (χ1n) is 12.7. The highest BCUT2D eigenvalue weighted by atomic mass is 19.1. The lowest BCUT2D eigenvalue weighted by atomic mass is 10.3. The van der Waals surface area contributed by atoms with Gasteiger partial charge in [-0.3, -0.25) is 19.7 Å². The van der Waals surface area contributed by atoms with Gasteiger partial charge >= 0.3 is 17.1 Å². The first-order valence-corrected chi connectivity index (χ1v) is 12.7. The van der Waals surface area contributed by atoms with Crippen molar-refractivity contribution in [3.63, 3.8) is 0 Å². The molecule has 19 nitrogen and oxygen atoms in total. The molecule has 0 saturated heterocycles. The number of fused-ring (bicyclic) bond motifs is 2. The van der Waals surface area contributed by atoms with Crippen molar-refractivity contribution in [2.75, 3.05) is 5.32 Å². The number of aromatic nitrogens is 13. The lowest BCUT2D eigenvalue weighted by Gasteiger charge is -2.04. The van der Waals surface area contributed by atoms with Crippen molar-refractivity contribution in [1.82, 2.24) is 63.5 Å². The molecule has 230 valence electrons. The molecule has 0 aliphatic carbocycles. The van der Waals surface area contributed by atoms with E-state index >= 15 is 0 Å². The fraction of sp³-hybridized carbons (Fsp3) is 0.0400. The predicted molar refractivity (Wildman–Crippen MR) is 149 cm³/mol. The van der Waals surface area contributed by atoms with Crippen molar-refractivity contribution in [1.29, 1.82) is 0 Å². The number of anilines is 1. The van der Waals surface area contributed by atoms with Gasteiger partial charge < -0.3 is 9.67 Å². The van der Waals surface area contributed by atoms with E-state index in [0.29, 0.717) is 11.4 Å². The third-order valence-electron chi connectivity index (χ3n) is 6.06. The van der Waals surface area contributed by atoms with Crippen molar-refractivity contribution >= 4 is 29.4 Å². The van der Waals surface area contributed by atoms with E-state index < -0.39 is 46.0 Å². The standard InChI is InChI=1S/C14H10FN9O2.C11H6FN5O3/c1-22-6-16-20-13(22)18-11(25)10-12(26)19-14-23(21-10)7-17-24(14)9-4-2-8(15)3-5-9;12-6-1-3-7(4-2-6)17-11-14-9(18)8(10(19)20)15-16(11)5-13-17/h2-7H,1H3,(H,18,20,25);1-5H,(H,19,20). The largest absolute Gasteiger partial charge is 0.476 e. The number of amides is 1. The van der Waals surface area contributed by atoms with Crippen LogP contribution in [0, 0.1) is 11.6 Å². The Morgan fingerprint density at radius 3 is 1.67 bits per heavy atom. The van der Waals surface area contributed by atoms with Crippen molar-refractivity contribution in [2.45, 2.75) is 0 Å². The second-order valence-corrected chi connectivity index (χ2v) is 9.08. The van der Waals surface area contributed by atoms with Crippen LogP contribution in [0.25, 0.3) is 22.9 Å². The maximum absolute atomic E-state index is 13.1. The third kappa shape index (κ3) is 5.52. The first kappa shape index (κ1) is 29.0. The molecule has 0 atom stereocenters. The molecule has 0 fully saturated rings. The van der Waals surface area contributed by atoms with Crippen LogP contribution in [0.5, 0.6) is 0 Å². The van der Waals surface area contributed by atoms with E-state index in [9.17, 15) is 28.0 Å². The van der Waals surface area contributed by atoms with Crippen LogP contribution in [0.1, 0.15) is 21.0 Å². The Balaban J connectivity index is 0.000000167. The minimum absolute atomic E-state index is 0.0339. The molecule has 1 amide bonds. The summed E-state index contributed by atoms with van der Waals surface area (Å²) in [6.45, 7) is 0. The van der Waals surface area contributed by atoms with Crippen LogP contribution in [-0.2, 0) is 7.05 Å². The summed E-state index contributed by atoms with van der Waals surface area (Å²) in [5, 5.41) is 34.1. The van der Waals surface area contributed by atoms with Crippen molar-refractivity contribution < 1.29 is 23.5 Å². The zero-order chi connectivity index (χ0) is 32.5. The van der Waals surface area contributed by atoms with Gasteiger partial charge in [-0.15, -0.1) is 10.2 Å².